The number of hydrogen-bond acceptors (Lipinski definition) is 2. The van der Waals surface area contributed by atoms with E-state index in [1.165, 1.54) is 24.8 Å². The molecule has 1 atom stereocenters. The molecule has 128 valence electrons. The highest BCUT2D eigenvalue weighted by molar-refractivity contribution is 9.10. The van der Waals surface area contributed by atoms with Crippen LogP contribution in [0.3, 0.4) is 0 Å². The molecule has 1 aromatic rings. The Balaban J connectivity index is 1.52. The number of halogens is 1. The lowest BCUT2D eigenvalue weighted by molar-refractivity contribution is -0.128. The Morgan fingerprint density at radius 2 is 2.21 bits per heavy atom. The fourth-order valence-electron chi connectivity index (χ4n) is 3.38. The van der Waals surface area contributed by atoms with Crippen molar-refractivity contribution in [2.75, 3.05) is 18.4 Å². The smallest absolute Gasteiger partial charge is 0.229 e. The third kappa shape index (κ3) is 4.47. The van der Waals surface area contributed by atoms with Crippen LogP contribution < -0.4 is 5.32 Å². The highest BCUT2D eigenvalue weighted by Crippen LogP contribution is 2.24. The van der Waals surface area contributed by atoms with E-state index in [9.17, 15) is 9.59 Å². The quantitative estimate of drug-likeness (QED) is 0.768. The maximum atomic E-state index is 12.4. The third-order valence-electron chi connectivity index (χ3n) is 4.77. The van der Waals surface area contributed by atoms with E-state index in [0.29, 0.717) is 13.0 Å². The molecule has 0 saturated carbocycles. The molecule has 1 unspecified atom stereocenters. The summed E-state index contributed by atoms with van der Waals surface area (Å²) in [7, 11) is 0. The zero-order valence-corrected chi connectivity index (χ0v) is 15.3. The normalized spacial score (nSPS) is 20.9. The highest BCUT2D eigenvalue weighted by atomic mass is 79.9. The van der Waals surface area contributed by atoms with E-state index in [1.807, 2.05) is 29.2 Å². The predicted molar refractivity (Wildman–Crippen MR) is 98.6 cm³/mol. The predicted octanol–water partition coefficient (Wildman–Crippen LogP) is 4.13. The molecule has 2 aliphatic rings. The van der Waals surface area contributed by atoms with Crippen molar-refractivity contribution in [3.05, 3.63) is 40.4 Å². The summed E-state index contributed by atoms with van der Waals surface area (Å²) in [5, 5.41) is 2.91. The van der Waals surface area contributed by atoms with Gasteiger partial charge in [-0.2, -0.15) is 0 Å². The number of nitrogens with zero attached hydrogens (tertiary/aromatic N) is 1. The molecule has 0 spiro atoms. The largest absolute Gasteiger partial charge is 0.342 e. The van der Waals surface area contributed by atoms with Crippen molar-refractivity contribution in [2.45, 2.75) is 38.5 Å². The van der Waals surface area contributed by atoms with Crippen LogP contribution in [0.1, 0.15) is 38.5 Å². The Labute approximate surface area is 151 Å². The zero-order valence-electron chi connectivity index (χ0n) is 13.8. The minimum absolute atomic E-state index is 0.0687. The SMILES string of the molecule is O=C(Nc1cccc(Br)c1)C1CC(=O)N(CCC2=CCCCC2)C1. The van der Waals surface area contributed by atoms with Crippen molar-refractivity contribution in [1.29, 1.82) is 0 Å². The number of nitrogens with one attached hydrogen (secondary N) is 1. The number of benzene rings is 1. The Hall–Kier alpha value is -1.62. The van der Waals surface area contributed by atoms with Crippen LogP contribution in [-0.4, -0.2) is 29.8 Å². The number of amides is 2. The van der Waals surface area contributed by atoms with Gasteiger partial charge in [0.15, 0.2) is 0 Å². The second-order valence-corrected chi connectivity index (χ2v) is 7.51. The first-order valence-electron chi connectivity index (χ1n) is 8.64. The van der Waals surface area contributed by atoms with Gasteiger partial charge in [-0.25, -0.2) is 0 Å². The number of hydrogen-bond donors (Lipinski definition) is 1. The number of rotatable bonds is 5. The summed E-state index contributed by atoms with van der Waals surface area (Å²) in [5.74, 6) is -0.224. The minimum atomic E-state index is -0.253. The van der Waals surface area contributed by atoms with Gasteiger partial charge in [-0.15, -0.1) is 0 Å². The first kappa shape index (κ1) is 17.2. The van der Waals surface area contributed by atoms with Crippen LogP contribution in [0.25, 0.3) is 0 Å². The molecule has 1 aliphatic heterocycles. The summed E-state index contributed by atoms with van der Waals surface area (Å²) in [4.78, 5) is 26.4. The average molecular weight is 391 g/mol. The molecule has 3 rings (SSSR count). The van der Waals surface area contributed by atoms with Crippen molar-refractivity contribution >= 4 is 33.4 Å². The summed E-state index contributed by atoms with van der Waals surface area (Å²) >= 11 is 3.39. The fraction of sp³-hybridized carbons (Fsp3) is 0.474. The molecular formula is C19H23BrN2O2. The molecule has 1 aromatic carbocycles. The molecule has 1 aliphatic carbocycles. The lowest BCUT2D eigenvalue weighted by Crippen LogP contribution is -2.29. The maximum Gasteiger partial charge on any atom is 0.229 e. The molecular weight excluding hydrogens is 368 g/mol. The highest BCUT2D eigenvalue weighted by Gasteiger charge is 2.34. The van der Waals surface area contributed by atoms with Crippen molar-refractivity contribution in [1.82, 2.24) is 4.90 Å². The molecule has 1 heterocycles. The summed E-state index contributed by atoms with van der Waals surface area (Å²) in [6.07, 6.45) is 8.46. The van der Waals surface area contributed by atoms with Gasteiger partial charge in [0.25, 0.3) is 0 Å². The zero-order chi connectivity index (χ0) is 16.9. The van der Waals surface area contributed by atoms with E-state index < -0.39 is 0 Å². The van der Waals surface area contributed by atoms with E-state index in [4.69, 9.17) is 0 Å². The number of anilines is 1. The van der Waals surface area contributed by atoms with Gasteiger partial charge in [-0.1, -0.05) is 33.6 Å². The van der Waals surface area contributed by atoms with Crippen LogP contribution in [-0.2, 0) is 9.59 Å². The van der Waals surface area contributed by atoms with Crippen LogP contribution in [0.15, 0.2) is 40.4 Å². The van der Waals surface area contributed by atoms with Crippen LogP contribution >= 0.6 is 15.9 Å². The Morgan fingerprint density at radius 1 is 1.33 bits per heavy atom. The molecule has 5 heteroatoms. The van der Waals surface area contributed by atoms with Crippen molar-refractivity contribution in [2.24, 2.45) is 5.92 Å². The number of likely N-dealkylation sites (tertiary alicyclic amines) is 1. The molecule has 1 fully saturated rings. The van der Waals surface area contributed by atoms with Crippen LogP contribution in [0.4, 0.5) is 5.69 Å². The molecule has 1 saturated heterocycles. The summed E-state index contributed by atoms with van der Waals surface area (Å²) in [6, 6.07) is 7.51. The fourth-order valence-corrected chi connectivity index (χ4v) is 3.78. The minimum Gasteiger partial charge on any atom is -0.342 e. The Bertz CT molecular complexity index is 657. The number of carbonyl (C=O) groups is 2. The second-order valence-electron chi connectivity index (χ2n) is 6.60. The molecule has 0 bridgehead atoms. The molecule has 4 nitrogen and oxygen atoms in total. The standard InChI is InChI=1S/C19H23BrN2O2/c20-16-7-4-8-17(12-16)21-19(24)15-11-18(23)22(13-15)10-9-14-5-2-1-3-6-14/h4-5,7-8,12,15H,1-3,6,9-11,13H2,(H,21,24). The third-order valence-corrected chi connectivity index (χ3v) is 5.26. The van der Waals surface area contributed by atoms with Gasteiger partial charge >= 0.3 is 0 Å². The summed E-state index contributed by atoms with van der Waals surface area (Å²) in [6.45, 7) is 1.28. The van der Waals surface area contributed by atoms with Crippen molar-refractivity contribution in [3.63, 3.8) is 0 Å². The van der Waals surface area contributed by atoms with E-state index in [2.05, 4.69) is 27.3 Å². The second kappa shape index (κ2) is 7.97. The van der Waals surface area contributed by atoms with Crippen molar-refractivity contribution < 1.29 is 9.59 Å². The maximum absolute atomic E-state index is 12.4. The van der Waals surface area contributed by atoms with Gasteiger partial charge in [0.2, 0.25) is 11.8 Å². The van der Waals surface area contributed by atoms with Gasteiger partial charge in [0.05, 0.1) is 5.92 Å². The Morgan fingerprint density at radius 3 is 2.96 bits per heavy atom. The van der Waals surface area contributed by atoms with Gasteiger partial charge in [-0.3, -0.25) is 9.59 Å². The van der Waals surface area contributed by atoms with E-state index >= 15 is 0 Å². The van der Waals surface area contributed by atoms with E-state index in [-0.39, 0.29) is 17.7 Å². The first-order chi connectivity index (χ1) is 11.6. The van der Waals surface area contributed by atoms with Crippen LogP contribution in [0.2, 0.25) is 0 Å². The lowest BCUT2D eigenvalue weighted by Gasteiger charge is -2.19. The van der Waals surface area contributed by atoms with E-state index in [0.717, 1.165) is 29.5 Å². The van der Waals surface area contributed by atoms with Crippen molar-refractivity contribution in [3.8, 4) is 0 Å². The summed E-state index contributed by atoms with van der Waals surface area (Å²) in [5.41, 5.74) is 2.23. The lowest BCUT2D eigenvalue weighted by atomic mass is 9.97. The van der Waals surface area contributed by atoms with Crippen LogP contribution in [0, 0.1) is 5.92 Å². The first-order valence-corrected chi connectivity index (χ1v) is 9.43. The van der Waals surface area contributed by atoms with Gasteiger partial charge in [-0.05, 0) is 50.3 Å². The van der Waals surface area contributed by atoms with Crippen LogP contribution in [0.5, 0.6) is 0 Å². The molecule has 1 N–H and O–H groups in total. The van der Waals surface area contributed by atoms with E-state index in [1.54, 1.807) is 0 Å². The molecule has 2 amide bonds. The monoisotopic (exact) mass is 390 g/mol. The molecule has 0 radical (unpaired) electrons. The topological polar surface area (TPSA) is 49.4 Å². The number of carbonyl (C=O) groups excluding carboxylic acids is 2. The molecule has 0 aromatic heterocycles. The van der Waals surface area contributed by atoms with Gasteiger partial charge in [0, 0.05) is 29.7 Å². The van der Waals surface area contributed by atoms with Gasteiger partial charge in [0.1, 0.15) is 0 Å². The number of allylic oxidation sites excluding steroid dienone is 1. The average Bonchev–Trinajstić information content (AvgIpc) is 2.95. The summed E-state index contributed by atoms with van der Waals surface area (Å²) < 4.78 is 0.921. The Kier molecular flexibility index (Phi) is 5.72. The molecule has 24 heavy (non-hydrogen) atoms. The van der Waals surface area contributed by atoms with Gasteiger partial charge < -0.3 is 10.2 Å².